The van der Waals surface area contributed by atoms with Crippen molar-refractivity contribution in [3.05, 3.63) is 113 Å². The molecule has 4 amide bonds. The predicted octanol–water partition coefficient (Wildman–Crippen LogP) is 4.45. The van der Waals surface area contributed by atoms with Crippen molar-refractivity contribution in [2.75, 3.05) is 16.0 Å². The van der Waals surface area contributed by atoms with Gasteiger partial charge in [0.05, 0.1) is 16.9 Å². The Morgan fingerprint density at radius 3 is 2.24 bits per heavy atom. The average molecular weight is 691 g/mol. The van der Waals surface area contributed by atoms with Crippen LogP contribution < -0.4 is 21.7 Å². The predicted molar refractivity (Wildman–Crippen MR) is 184 cm³/mol. The maximum absolute atomic E-state index is 14.2. The molecular weight excluding hydrogens is 660 g/mol. The molecule has 0 unspecified atom stereocenters. The summed E-state index contributed by atoms with van der Waals surface area (Å²) in [6.45, 7) is 0. The number of carbonyl (C=O) groups excluding carboxylic acids is 5. The van der Waals surface area contributed by atoms with Crippen molar-refractivity contribution in [2.45, 2.75) is 24.5 Å². The number of aliphatic hydroxyl groups excluding tert-OH is 2. The second-order valence-corrected chi connectivity index (χ2v) is 12.5. The van der Waals surface area contributed by atoms with Crippen LogP contribution in [0.15, 0.2) is 102 Å². The zero-order valence-electron chi connectivity index (χ0n) is 26.5. The van der Waals surface area contributed by atoms with E-state index >= 15 is 0 Å². The van der Waals surface area contributed by atoms with Crippen LogP contribution in [0.3, 0.4) is 0 Å². The number of anilines is 3. The molecule has 1 fully saturated rings. The molecule has 1 saturated carbocycles. The quantitative estimate of drug-likeness (QED) is 0.108. The molecule has 7 rings (SSSR count). The van der Waals surface area contributed by atoms with Gasteiger partial charge in [-0.25, -0.2) is 9.59 Å². The number of hydrogen-bond donors (Lipinski definition) is 8. The van der Waals surface area contributed by atoms with Gasteiger partial charge >= 0.3 is 12.1 Å². The Balaban J connectivity index is 1.27. The molecule has 0 heterocycles. The van der Waals surface area contributed by atoms with Gasteiger partial charge in [-0.1, -0.05) is 60.7 Å². The molecule has 0 bridgehead atoms. The molecule has 4 atom stereocenters. The first-order valence-corrected chi connectivity index (χ1v) is 15.8. The number of amides is 4. The van der Waals surface area contributed by atoms with E-state index in [4.69, 9.17) is 10.5 Å². The van der Waals surface area contributed by atoms with E-state index < -0.39 is 88.0 Å². The molecule has 0 radical (unpaired) electrons. The van der Waals surface area contributed by atoms with Crippen molar-refractivity contribution in [2.24, 2.45) is 17.6 Å². The lowest BCUT2D eigenvalue weighted by molar-refractivity contribution is -0.159. The van der Waals surface area contributed by atoms with Crippen LogP contribution in [-0.4, -0.2) is 61.7 Å². The highest BCUT2D eigenvalue weighted by molar-refractivity contribution is 6.23. The number of nitrogens with one attached hydrogen (secondary N) is 3. The Bertz CT molecular complexity index is 2240. The number of rotatable bonds is 5. The van der Waals surface area contributed by atoms with Gasteiger partial charge in [0, 0.05) is 34.9 Å². The number of carbonyl (C=O) groups is 5. The van der Waals surface area contributed by atoms with Crippen molar-refractivity contribution >= 4 is 63.2 Å². The van der Waals surface area contributed by atoms with Gasteiger partial charge in [-0.3, -0.25) is 19.7 Å². The molecule has 14 heteroatoms. The first-order chi connectivity index (χ1) is 24.4. The summed E-state index contributed by atoms with van der Waals surface area (Å²) in [5, 5.41) is 55.5. The highest BCUT2D eigenvalue weighted by Crippen LogP contribution is 2.53. The number of primary amides is 1. The fraction of sp³-hybridized carbons (Fsp3) is 0.162. The largest absolute Gasteiger partial charge is 0.508 e. The van der Waals surface area contributed by atoms with Crippen molar-refractivity contribution in [1.29, 1.82) is 0 Å². The van der Waals surface area contributed by atoms with E-state index in [2.05, 4.69) is 16.0 Å². The zero-order chi connectivity index (χ0) is 36.2. The summed E-state index contributed by atoms with van der Waals surface area (Å²) in [4.78, 5) is 65.6. The smallest absolute Gasteiger partial charge is 0.411 e. The van der Waals surface area contributed by atoms with Gasteiger partial charge < -0.3 is 41.5 Å². The Kier molecular flexibility index (Phi) is 7.95. The summed E-state index contributed by atoms with van der Waals surface area (Å²) < 4.78 is 5.76. The minimum absolute atomic E-state index is 0.144. The van der Waals surface area contributed by atoms with E-state index in [1.54, 1.807) is 42.5 Å². The Labute approximate surface area is 288 Å². The standard InChI is InChI=1S/C37H30N4O10/c38-34(47)28-25(42)16-22-31(51-36(49)39-19-9-2-1-3-10-19)21-15-18-13-14-24(29(43)26(18)30(44)27(21)32(45)37(22,50)33(28)46)41-35(48)40-23-12-6-8-17-7-4-5-11-20(17)23/h1-14,21-22,31,43-44,46,50H,15-16H2,(H2,38,47)(H,39,49)(H2,40,41,48)/t21-,22-,31+,37+/m1/s1. The van der Waals surface area contributed by atoms with E-state index in [0.717, 1.165) is 10.8 Å². The maximum Gasteiger partial charge on any atom is 0.411 e. The van der Waals surface area contributed by atoms with E-state index in [1.165, 1.54) is 12.1 Å². The topological polar surface area (TPSA) is 238 Å². The molecule has 4 aromatic rings. The minimum atomic E-state index is -3.03. The van der Waals surface area contributed by atoms with Gasteiger partial charge in [-0.15, -0.1) is 0 Å². The highest BCUT2D eigenvalue weighted by Gasteiger charge is 2.65. The Morgan fingerprint density at radius 2 is 1.49 bits per heavy atom. The van der Waals surface area contributed by atoms with E-state index in [9.17, 15) is 44.4 Å². The minimum Gasteiger partial charge on any atom is -0.508 e. The molecule has 3 aliphatic rings. The number of hydrogen-bond acceptors (Lipinski definition) is 10. The van der Waals surface area contributed by atoms with E-state index in [-0.39, 0.29) is 23.2 Å². The van der Waals surface area contributed by atoms with Crippen LogP contribution in [0.4, 0.5) is 26.7 Å². The SMILES string of the molecule is NC(=O)C1=C(O)[C@@]2(O)C(=O)C3=C(O)c4c(ccc(NC(=O)Nc5cccc6ccccc56)c4O)C[C@H]3[C@H](OC(=O)Nc3ccccc3)[C@H]2CC1=O. The number of ether oxygens (including phenoxy) is 1. The summed E-state index contributed by atoms with van der Waals surface area (Å²) in [6.07, 6.45) is -3.45. The third-order valence-corrected chi connectivity index (χ3v) is 9.57. The van der Waals surface area contributed by atoms with Crippen LogP contribution in [0.5, 0.6) is 5.75 Å². The van der Waals surface area contributed by atoms with Gasteiger partial charge in [-0.2, -0.15) is 0 Å². The molecule has 0 spiro atoms. The summed E-state index contributed by atoms with van der Waals surface area (Å²) in [7, 11) is 0. The van der Waals surface area contributed by atoms with Crippen molar-refractivity contribution in [1.82, 2.24) is 0 Å². The number of urea groups is 1. The van der Waals surface area contributed by atoms with Crippen molar-refractivity contribution < 1.29 is 49.1 Å². The molecule has 0 saturated heterocycles. The monoisotopic (exact) mass is 690 g/mol. The average Bonchev–Trinajstić information content (AvgIpc) is 3.09. The summed E-state index contributed by atoms with van der Waals surface area (Å²) in [5.41, 5.74) is 1.43. The first-order valence-electron chi connectivity index (χ1n) is 15.8. The molecule has 4 aromatic carbocycles. The second kappa shape index (κ2) is 12.3. The number of nitrogens with two attached hydrogens (primary N) is 1. The lowest BCUT2D eigenvalue weighted by Gasteiger charge is -2.49. The number of aliphatic hydroxyl groups is 3. The Morgan fingerprint density at radius 1 is 0.804 bits per heavy atom. The fourth-order valence-corrected chi connectivity index (χ4v) is 7.26. The third-order valence-electron chi connectivity index (χ3n) is 9.57. The lowest BCUT2D eigenvalue weighted by Crippen LogP contribution is -2.64. The number of Topliss-reactive ketones (excluding diaryl/α,β-unsaturated/α-hetero) is 2. The molecule has 0 aromatic heterocycles. The van der Waals surface area contributed by atoms with Gasteiger partial charge in [0.25, 0.3) is 5.91 Å². The molecule has 9 N–H and O–H groups in total. The molecular formula is C37H30N4O10. The number of ketones is 2. The Hall–Kier alpha value is -6.67. The number of benzene rings is 4. The van der Waals surface area contributed by atoms with Crippen LogP contribution >= 0.6 is 0 Å². The van der Waals surface area contributed by atoms with Crippen LogP contribution in [0.25, 0.3) is 16.5 Å². The zero-order valence-corrected chi connectivity index (χ0v) is 26.5. The number of phenols is 1. The summed E-state index contributed by atoms with van der Waals surface area (Å²) in [5.74, 6) is -9.27. The van der Waals surface area contributed by atoms with Crippen LogP contribution in [0.1, 0.15) is 17.5 Å². The van der Waals surface area contributed by atoms with Gasteiger partial charge in [-0.05, 0) is 41.6 Å². The van der Waals surface area contributed by atoms with E-state index in [0.29, 0.717) is 11.4 Å². The summed E-state index contributed by atoms with van der Waals surface area (Å²) in [6, 6.07) is 23.0. The molecule has 258 valence electrons. The normalized spacial score (nSPS) is 22.4. The number of fused-ring (bicyclic) bond motifs is 4. The highest BCUT2D eigenvalue weighted by atomic mass is 16.6. The number of para-hydroxylation sites is 1. The fourth-order valence-electron chi connectivity index (χ4n) is 7.26. The first kappa shape index (κ1) is 32.9. The van der Waals surface area contributed by atoms with E-state index in [1.807, 2.05) is 30.3 Å². The third kappa shape index (κ3) is 5.38. The lowest BCUT2D eigenvalue weighted by atomic mass is 9.57. The van der Waals surface area contributed by atoms with Crippen LogP contribution in [0, 0.1) is 11.8 Å². The molecule has 0 aliphatic heterocycles. The van der Waals surface area contributed by atoms with Crippen molar-refractivity contribution in [3.8, 4) is 5.75 Å². The summed E-state index contributed by atoms with van der Waals surface area (Å²) >= 11 is 0. The molecule has 51 heavy (non-hydrogen) atoms. The van der Waals surface area contributed by atoms with Gasteiger partial charge in [0.15, 0.2) is 11.4 Å². The van der Waals surface area contributed by atoms with Gasteiger partial charge in [0.1, 0.15) is 28.9 Å². The molecule has 3 aliphatic carbocycles. The van der Waals surface area contributed by atoms with Gasteiger partial charge in [0.2, 0.25) is 5.78 Å². The maximum atomic E-state index is 14.2. The second-order valence-electron chi connectivity index (χ2n) is 12.5. The molecule has 14 nitrogen and oxygen atoms in total. The number of aromatic hydroxyl groups is 1. The van der Waals surface area contributed by atoms with Crippen LogP contribution in [-0.2, 0) is 25.5 Å². The van der Waals surface area contributed by atoms with Crippen molar-refractivity contribution in [3.63, 3.8) is 0 Å². The number of phenolic OH excluding ortho intramolecular Hbond substituents is 1. The van der Waals surface area contributed by atoms with Crippen LogP contribution in [0.2, 0.25) is 0 Å².